The molecule has 5 aromatic carbocycles. The fourth-order valence-electron chi connectivity index (χ4n) is 5.88. The van der Waals surface area contributed by atoms with Gasteiger partial charge in [-0.3, -0.25) is 0 Å². The first-order valence-electron chi connectivity index (χ1n) is 13.6. The van der Waals surface area contributed by atoms with Gasteiger partial charge in [-0.15, -0.1) is 0 Å². The minimum atomic E-state index is -1.15. The van der Waals surface area contributed by atoms with Gasteiger partial charge in [0.2, 0.25) is 0 Å². The summed E-state index contributed by atoms with van der Waals surface area (Å²) in [6.45, 7) is 4.25. The van der Waals surface area contributed by atoms with E-state index < -0.39 is 16.8 Å². The van der Waals surface area contributed by atoms with Crippen molar-refractivity contribution in [2.45, 2.75) is 37.5 Å². The largest absolute Gasteiger partial charge is 0.507 e. The van der Waals surface area contributed by atoms with E-state index in [9.17, 15) is 15.0 Å². The van der Waals surface area contributed by atoms with Crippen LogP contribution in [-0.2, 0) is 23.7 Å². The third-order valence-corrected chi connectivity index (χ3v) is 8.19. The van der Waals surface area contributed by atoms with Crippen molar-refractivity contribution in [3.8, 4) is 5.75 Å². The zero-order chi connectivity index (χ0) is 28.2. The van der Waals surface area contributed by atoms with Gasteiger partial charge < -0.3 is 10.2 Å². The van der Waals surface area contributed by atoms with Crippen molar-refractivity contribution < 1.29 is 15.0 Å². The molecule has 5 rings (SSSR count). The van der Waals surface area contributed by atoms with E-state index in [0.29, 0.717) is 18.4 Å². The molecule has 0 fully saturated rings. The van der Waals surface area contributed by atoms with E-state index >= 15 is 0 Å². The molecule has 0 spiro atoms. The molecule has 40 heavy (non-hydrogen) atoms. The maximum atomic E-state index is 12.6. The normalized spacial score (nSPS) is 14.2. The molecule has 3 nitrogen and oxygen atoms in total. The Morgan fingerprint density at radius 1 is 0.575 bits per heavy atom. The van der Waals surface area contributed by atoms with Gasteiger partial charge in [-0.05, 0) is 46.7 Å². The second-order valence-electron chi connectivity index (χ2n) is 10.9. The Hall–Kier alpha value is -4.63. The highest BCUT2D eigenvalue weighted by Gasteiger charge is 2.37. The number of rotatable bonds is 9. The smallest absolute Gasteiger partial charge is 0.339 e. The molecule has 0 saturated heterocycles. The van der Waals surface area contributed by atoms with Crippen molar-refractivity contribution >= 4 is 5.97 Å². The highest BCUT2D eigenvalue weighted by Crippen LogP contribution is 2.45. The molecule has 0 radical (unpaired) electrons. The first-order chi connectivity index (χ1) is 19.3. The molecular weight excluding hydrogens is 492 g/mol. The molecule has 0 bridgehead atoms. The van der Waals surface area contributed by atoms with Gasteiger partial charge in [0.1, 0.15) is 11.3 Å². The molecule has 0 amide bonds. The lowest BCUT2D eigenvalue weighted by Gasteiger charge is -2.36. The van der Waals surface area contributed by atoms with Crippen molar-refractivity contribution in [3.05, 3.63) is 172 Å². The summed E-state index contributed by atoms with van der Waals surface area (Å²) in [6, 6.07) is 44.3. The van der Waals surface area contributed by atoms with E-state index in [2.05, 4.69) is 62.4 Å². The molecule has 0 aliphatic heterocycles. The molecule has 0 heterocycles. The van der Waals surface area contributed by atoms with Gasteiger partial charge in [-0.25, -0.2) is 4.79 Å². The Kier molecular flexibility index (Phi) is 7.57. The Morgan fingerprint density at radius 3 is 1.43 bits per heavy atom. The summed E-state index contributed by atoms with van der Waals surface area (Å²) in [7, 11) is 0. The lowest BCUT2D eigenvalue weighted by Crippen LogP contribution is -2.31. The van der Waals surface area contributed by atoms with Crippen LogP contribution in [0.25, 0.3) is 0 Å². The van der Waals surface area contributed by atoms with Crippen molar-refractivity contribution in [3.63, 3.8) is 0 Å². The predicted molar refractivity (Wildman–Crippen MR) is 161 cm³/mol. The Balaban J connectivity index is 1.78. The quantitative estimate of drug-likeness (QED) is 0.204. The zero-order valence-electron chi connectivity index (χ0n) is 22.9. The second kappa shape index (κ2) is 11.2. The summed E-state index contributed by atoms with van der Waals surface area (Å²) in [6.07, 6.45) is 1.26. The van der Waals surface area contributed by atoms with Crippen molar-refractivity contribution in [1.29, 1.82) is 0 Å². The van der Waals surface area contributed by atoms with Crippen LogP contribution in [0.15, 0.2) is 133 Å². The maximum Gasteiger partial charge on any atom is 0.339 e. The van der Waals surface area contributed by atoms with E-state index in [0.717, 1.165) is 27.8 Å². The highest BCUT2D eigenvalue weighted by atomic mass is 16.4. The molecule has 0 aliphatic carbocycles. The first kappa shape index (κ1) is 27.0. The van der Waals surface area contributed by atoms with Crippen LogP contribution in [0.4, 0.5) is 0 Å². The second-order valence-corrected chi connectivity index (χ2v) is 10.9. The van der Waals surface area contributed by atoms with E-state index in [1.807, 2.05) is 78.9 Å². The number of carbonyl (C=O) groups is 1. The van der Waals surface area contributed by atoms with Crippen LogP contribution < -0.4 is 0 Å². The summed E-state index contributed by atoms with van der Waals surface area (Å²) in [5.74, 6) is -1.33. The fraction of sp³-hybridized carbons (Fsp3) is 0.162. The number of benzene rings is 5. The molecule has 5 aromatic rings. The van der Waals surface area contributed by atoms with Gasteiger partial charge in [0, 0.05) is 16.4 Å². The van der Waals surface area contributed by atoms with Gasteiger partial charge in [-0.1, -0.05) is 141 Å². The highest BCUT2D eigenvalue weighted by molar-refractivity contribution is 5.92. The molecule has 2 unspecified atom stereocenters. The van der Waals surface area contributed by atoms with Gasteiger partial charge in [0.05, 0.1) is 0 Å². The van der Waals surface area contributed by atoms with Crippen LogP contribution in [0.1, 0.15) is 57.6 Å². The molecule has 0 aliphatic rings. The van der Waals surface area contributed by atoms with Crippen molar-refractivity contribution in [2.24, 2.45) is 0 Å². The van der Waals surface area contributed by atoms with Crippen LogP contribution in [0, 0.1) is 0 Å². The Bertz CT molecular complexity index is 1580. The first-order valence-corrected chi connectivity index (χ1v) is 13.6. The predicted octanol–water partition coefficient (Wildman–Crippen LogP) is 8.19. The minimum absolute atomic E-state index is 0.0852. The fourth-order valence-corrected chi connectivity index (χ4v) is 5.88. The Labute approximate surface area is 236 Å². The van der Waals surface area contributed by atoms with Gasteiger partial charge in [0.25, 0.3) is 0 Å². The Morgan fingerprint density at radius 2 is 0.975 bits per heavy atom. The van der Waals surface area contributed by atoms with Gasteiger partial charge >= 0.3 is 5.97 Å². The average molecular weight is 527 g/mol. The molecule has 3 heteroatoms. The number of hydrogen-bond acceptors (Lipinski definition) is 2. The van der Waals surface area contributed by atoms with Gasteiger partial charge in [0.15, 0.2) is 0 Å². The molecule has 2 atom stereocenters. The topological polar surface area (TPSA) is 57.5 Å². The van der Waals surface area contributed by atoms with E-state index in [-0.39, 0.29) is 11.3 Å². The lowest BCUT2D eigenvalue weighted by atomic mass is 9.67. The summed E-state index contributed by atoms with van der Waals surface area (Å²) in [4.78, 5) is 12.6. The maximum absolute atomic E-state index is 12.6. The number of carboxylic acids is 1. The van der Waals surface area contributed by atoms with Crippen LogP contribution in [-0.4, -0.2) is 16.2 Å². The van der Waals surface area contributed by atoms with Crippen LogP contribution >= 0.6 is 0 Å². The SMILES string of the molecule is CC(Cc1ccccc1)(c1ccccc1)c1cc(C(=O)O)c(O)c(C(C)(Cc2ccccc2)c2ccccc2)c1. The van der Waals surface area contributed by atoms with Crippen molar-refractivity contribution in [2.75, 3.05) is 0 Å². The monoisotopic (exact) mass is 526 g/mol. The third kappa shape index (κ3) is 5.28. The van der Waals surface area contributed by atoms with Crippen LogP contribution in [0.2, 0.25) is 0 Å². The molecule has 0 saturated carbocycles. The summed E-state index contributed by atoms with van der Waals surface area (Å²) in [5.41, 5.74) is 4.45. The molecule has 200 valence electrons. The van der Waals surface area contributed by atoms with Crippen molar-refractivity contribution in [1.82, 2.24) is 0 Å². The number of phenols is 1. The van der Waals surface area contributed by atoms with Crippen LogP contribution in [0.5, 0.6) is 5.75 Å². The van der Waals surface area contributed by atoms with Crippen LogP contribution in [0.3, 0.4) is 0 Å². The lowest BCUT2D eigenvalue weighted by molar-refractivity contribution is 0.0693. The van der Waals surface area contributed by atoms with E-state index in [1.54, 1.807) is 6.07 Å². The summed E-state index contributed by atoms with van der Waals surface area (Å²) in [5, 5.41) is 21.9. The third-order valence-electron chi connectivity index (χ3n) is 8.19. The average Bonchev–Trinajstić information content (AvgIpc) is 2.99. The van der Waals surface area contributed by atoms with E-state index in [4.69, 9.17) is 0 Å². The number of hydrogen-bond donors (Lipinski definition) is 2. The number of aromatic carboxylic acids is 1. The molecule has 2 N–H and O–H groups in total. The number of aromatic hydroxyl groups is 1. The summed E-state index contributed by atoms with van der Waals surface area (Å²) < 4.78 is 0. The van der Waals surface area contributed by atoms with Gasteiger partial charge in [-0.2, -0.15) is 0 Å². The minimum Gasteiger partial charge on any atom is -0.507 e. The molecule has 0 aromatic heterocycles. The number of carboxylic acid groups (broad SMARTS) is 1. The zero-order valence-corrected chi connectivity index (χ0v) is 22.9. The summed E-state index contributed by atoms with van der Waals surface area (Å²) >= 11 is 0. The van der Waals surface area contributed by atoms with E-state index in [1.165, 1.54) is 0 Å². The molecular formula is C37H34O3. The standard InChI is InChI=1S/C37H34O3/c1-36(29-19-11-5-12-20-29,25-27-15-7-3-8-16-27)31-23-32(35(39)40)34(38)33(24-31)37(2,30-21-13-6-14-22-30)26-28-17-9-4-10-18-28/h3-24,38H,25-26H2,1-2H3,(H,39,40).